The summed E-state index contributed by atoms with van der Waals surface area (Å²) < 4.78 is 25.5. The maximum Gasteiger partial charge on any atom is 0.213 e. The summed E-state index contributed by atoms with van der Waals surface area (Å²) in [6.45, 7) is 0. The molecule has 2 saturated carbocycles. The van der Waals surface area contributed by atoms with Crippen LogP contribution in [-0.4, -0.2) is 20.2 Å². The van der Waals surface area contributed by atoms with Gasteiger partial charge in [0.05, 0.1) is 11.8 Å². The van der Waals surface area contributed by atoms with E-state index in [0.29, 0.717) is 5.92 Å². The van der Waals surface area contributed by atoms with E-state index in [4.69, 9.17) is 5.26 Å². The maximum absolute atomic E-state index is 11.5. The molecule has 1 N–H and O–H groups in total. The maximum atomic E-state index is 11.5. The van der Waals surface area contributed by atoms with E-state index < -0.39 is 16.1 Å². The average Bonchev–Trinajstić information content (AvgIpc) is 2.91. The molecule has 0 heterocycles. The third-order valence-electron chi connectivity index (χ3n) is 2.69. The Kier molecular flexibility index (Phi) is 2.50. The third kappa shape index (κ3) is 2.69. The molecule has 1 atom stereocenters. The number of hydrogen-bond acceptors (Lipinski definition) is 3. The topological polar surface area (TPSA) is 70.0 Å². The molecule has 1 unspecified atom stereocenters. The van der Waals surface area contributed by atoms with Gasteiger partial charge in [0.1, 0.15) is 6.04 Å². The van der Waals surface area contributed by atoms with Crippen LogP contribution in [0.2, 0.25) is 0 Å². The molecule has 0 saturated heterocycles. The number of rotatable bonds is 5. The summed E-state index contributed by atoms with van der Waals surface area (Å²) in [7, 11) is -3.21. The first-order chi connectivity index (χ1) is 6.61. The van der Waals surface area contributed by atoms with Gasteiger partial charge in [-0.3, -0.25) is 0 Å². The van der Waals surface area contributed by atoms with Gasteiger partial charge in [0.15, 0.2) is 0 Å². The highest BCUT2D eigenvalue weighted by molar-refractivity contribution is 7.89. The van der Waals surface area contributed by atoms with E-state index in [0.717, 1.165) is 25.7 Å². The van der Waals surface area contributed by atoms with Crippen LogP contribution < -0.4 is 4.72 Å². The van der Waals surface area contributed by atoms with Gasteiger partial charge in [0.25, 0.3) is 0 Å². The molecule has 2 aliphatic rings. The molecule has 2 aliphatic carbocycles. The molecule has 0 bridgehead atoms. The Morgan fingerprint density at radius 2 is 2.00 bits per heavy atom. The molecule has 0 aromatic heterocycles. The zero-order valence-corrected chi connectivity index (χ0v) is 8.76. The predicted octanol–water partition coefficient (Wildman–Crippen LogP) is 0.618. The zero-order valence-electron chi connectivity index (χ0n) is 7.94. The van der Waals surface area contributed by atoms with Crippen LogP contribution in [-0.2, 0) is 10.0 Å². The van der Waals surface area contributed by atoms with Crippen molar-refractivity contribution in [3.05, 3.63) is 0 Å². The first kappa shape index (κ1) is 9.94. The first-order valence-electron chi connectivity index (χ1n) is 5.00. The van der Waals surface area contributed by atoms with Gasteiger partial charge >= 0.3 is 0 Å². The van der Waals surface area contributed by atoms with Crippen LogP contribution in [0, 0.1) is 23.2 Å². The molecule has 0 aromatic rings. The second-order valence-corrected chi connectivity index (χ2v) is 6.09. The summed E-state index contributed by atoms with van der Waals surface area (Å²) in [5.74, 6) is 0.803. The lowest BCUT2D eigenvalue weighted by atomic mass is 10.2. The highest BCUT2D eigenvalue weighted by atomic mass is 32.2. The molecule has 0 radical (unpaired) electrons. The molecule has 0 spiro atoms. The monoisotopic (exact) mass is 214 g/mol. The van der Waals surface area contributed by atoms with Gasteiger partial charge in [-0.25, -0.2) is 8.42 Å². The quantitative estimate of drug-likeness (QED) is 0.729. The van der Waals surface area contributed by atoms with Gasteiger partial charge in [-0.15, -0.1) is 0 Å². The molecule has 0 aromatic carbocycles. The fraction of sp³-hybridized carbons (Fsp3) is 0.889. The molecule has 0 amide bonds. The molecule has 2 fully saturated rings. The Hall–Kier alpha value is -0.600. The van der Waals surface area contributed by atoms with Gasteiger partial charge in [-0.1, -0.05) is 0 Å². The molecule has 4 nitrogen and oxygen atoms in total. The number of hydrogen-bond donors (Lipinski definition) is 1. The van der Waals surface area contributed by atoms with Crippen LogP contribution in [0.5, 0.6) is 0 Å². The van der Waals surface area contributed by atoms with Crippen LogP contribution in [0.1, 0.15) is 25.7 Å². The minimum Gasteiger partial charge on any atom is -0.212 e. The van der Waals surface area contributed by atoms with E-state index in [-0.39, 0.29) is 11.7 Å². The summed E-state index contributed by atoms with van der Waals surface area (Å²) in [4.78, 5) is 0. The number of sulfonamides is 1. The van der Waals surface area contributed by atoms with Crippen molar-refractivity contribution >= 4 is 10.0 Å². The second-order valence-electron chi connectivity index (χ2n) is 4.29. The molecule has 5 heteroatoms. The minimum atomic E-state index is -3.21. The summed E-state index contributed by atoms with van der Waals surface area (Å²) in [6, 6.07) is 1.54. The molecular weight excluding hydrogens is 200 g/mol. The molecular formula is C9H14N2O2S. The Bertz CT molecular complexity index is 349. The van der Waals surface area contributed by atoms with Crippen molar-refractivity contribution in [2.24, 2.45) is 11.8 Å². The summed E-state index contributed by atoms with van der Waals surface area (Å²) in [5, 5.41) is 8.77. The van der Waals surface area contributed by atoms with Crippen LogP contribution in [0.15, 0.2) is 0 Å². The van der Waals surface area contributed by atoms with Gasteiger partial charge in [0, 0.05) is 0 Å². The normalized spacial score (nSPS) is 24.2. The average molecular weight is 214 g/mol. The van der Waals surface area contributed by atoms with Crippen molar-refractivity contribution in [1.82, 2.24) is 4.72 Å². The van der Waals surface area contributed by atoms with Gasteiger partial charge in [-0.05, 0) is 37.5 Å². The van der Waals surface area contributed by atoms with Crippen LogP contribution >= 0.6 is 0 Å². The standard InChI is InChI=1S/C9H14N2O2S/c10-5-9(8-3-4-8)11-14(12,13)6-7-1-2-7/h7-9,11H,1-4,6H2. The lowest BCUT2D eigenvalue weighted by Crippen LogP contribution is -2.37. The Morgan fingerprint density at radius 3 is 2.43 bits per heavy atom. The van der Waals surface area contributed by atoms with Gasteiger partial charge < -0.3 is 0 Å². The van der Waals surface area contributed by atoms with E-state index in [9.17, 15) is 8.42 Å². The van der Waals surface area contributed by atoms with E-state index in [1.807, 2.05) is 6.07 Å². The van der Waals surface area contributed by atoms with E-state index in [1.165, 1.54) is 0 Å². The van der Waals surface area contributed by atoms with Crippen molar-refractivity contribution < 1.29 is 8.42 Å². The van der Waals surface area contributed by atoms with E-state index in [1.54, 1.807) is 0 Å². The van der Waals surface area contributed by atoms with Crippen LogP contribution in [0.25, 0.3) is 0 Å². The fourth-order valence-electron chi connectivity index (χ4n) is 1.49. The minimum absolute atomic E-state index is 0.206. The molecule has 14 heavy (non-hydrogen) atoms. The van der Waals surface area contributed by atoms with Crippen LogP contribution in [0.3, 0.4) is 0 Å². The lowest BCUT2D eigenvalue weighted by Gasteiger charge is -2.10. The predicted molar refractivity (Wildman–Crippen MR) is 51.8 cm³/mol. The van der Waals surface area contributed by atoms with Crippen molar-refractivity contribution in [3.8, 4) is 6.07 Å². The summed E-state index contributed by atoms with van der Waals surface area (Å²) >= 11 is 0. The van der Waals surface area contributed by atoms with Crippen molar-refractivity contribution in [2.75, 3.05) is 5.75 Å². The smallest absolute Gasteiger partial charge is 0.212 e. The molecule has 0 aliphatic heterocycles. The van der Waals surface area contributed by atoms with E-state index >= 15 is 0 Å². The Labute approximate surface area is 84.4 Å². The number of nitrogens with one attached hydrogen (secondary N) is 1. The Morgan fingerprint density at radius 1 is 1.36 bits per heavy atom. The number of nitrogens with zero attached hydrogens (tertiary/aromatic N) is 1. The summed E-state index contributed by atoms with van der Waals surface area (Å²) in [5.41, 5.74) is 0. The first-order valence-corrected chi connectivity index (χ1v) is 6.65. The van der Waals surface area contributed by atoms with E-state index in [2.05, 4.69) is 4.72 Å². The lowest BCUT2D eigenvalue weighted by molar-refractivity contribution is 0.556. The second kappa shape index (κ2) is 3.52. The molecule has 78 valence electrons. The fourth-order valence-corrected chi connectivity index (χ4v) is 3.18. The third-order valence-corrected chi connectivity index (χ3v) is 4.21. The van der Waals surface area contributed by atoms with Crippen molar-refractivity contribution in [2.45, 2.75) is 31.7 Å². The zero-order chi connectivity index (χ0) is 10.2. The summed E-state index contributed by atoms with van der Waals surface area (Å²) in [6.07, 6.45) is 3.98. The van der Waals surface area contributed by atoms with Gasteiger partial charge in [-0.2, -0.15) is 9.98 Å². The highest BCUT2D eigenvalue weighted by Crippen LogP contribution is 2.34. The molecule has 2 rings (SSSR count). The van der Waals surface area contributed by atoms with Crippen molar-refractivity contribution in [3.63, 3.8) is 0 Å². The SMILES string of the molecule is N#CC(NS(=O)(=O)CC1CC1)C1CC1. The highest BCUT2D eigenvalue weighted by Gasteiger charge is 2.36. The van der Waals surface area contributed by atoms with Crippen LogP contribution in [0.4, 0.5) is 0 Å². The number of nitriles is 1. The Balaban J connectivity index is 1.90. The van der Waals surface area contributed by atoms with Crippen molar-refractivity contribution in [1.29, 1.82) is 5.26 Å². The van der Waals surface area contributed by atoms with Gasteiger partial charge in [0.2, 0.25) is 10.0 Å². The largest absolute Gasteiger partial charge is 0.213 e.